The van der Waals surface area contributed by atoms with Gasteiger partial charge in [0, 0.05) is 0 Å². The molecule has 34 heavy (non-hydrogen) atoms. The van der Waals surface area contributed by atoms with E-state index in [0.29, 0.717) is 11.5 Å². The van der Waals surface area contributed by atoms with Crippen molar-refractivity contribution in [3.63, 3.8) is 0 Å². The molecule has 0 spiro atoms. The highest BCUT2D eigenvalue weighted by Gasteiger charge is 2.29. The van der Waals surface area contributed by atoms with Gasteiger partial charge in [-0.1, -0.05) is 45.6 Å². The Hall–Kier alpha value is -1.84. The molecule has 4 heteroatoms. The van der Waals surface area contributed by atoms with Crippen molar-refractivity contribution >= 4 is 0 Å². The van der Waals surface area contributed by atoms with E-state index in [2.05, 4.69) is 13.8 Å². The summed E-state index contributed by atoms with van der Waals surface area (Å²) in [5.41, 5.74) is 0.405. The normalized spacial score (nSPS) is 26.4. The van der Waals surface area contributed by atoms with Crippen LogP contribution in [-0.4, -0.2) is 0 Å². The predicted molar refractivity (Wildman–Crippen MR) is 131 cm³/mol. The van der Waals surface area contributed by atoms with Crippen molar-refractivity contribution < 1.29 is 17.6 Å². The summed E-state index contributed by atoms with van der Waals surface area (Å²) < 4.78 is 56.5. The molecule has 2 saturated carbocycles. The van der Waals surface area contributed by atoms with Gasteiger partial charge in [0.15, 0.2) is 11.6 Å². The Morgan fingerprint density at radius 3 is 1.94 bits per heavy atom. The fourth-order valence-electron chi connectivity index (χ4n) is 6.66. The fourth-order valence-corrected chi connectivity index (χ4v) is 6.66. The van der Waals surface area contributed by atoms with Gasteiger partial charge in [0.2, 0.25) is 0 Å². The topological polar surface area (TPSA) is 0 Å². The third-order valence-corrected chi connectivity index (χ3v) is 8.69. The van der Waals surface area contributed by atoms with E-state index in [1.807, 2.05) is 0 Å². The van der Waals surface area contributed by atoms with Crippen LogP contribution in [0.1, 0.15) is 96.0 Å². The molecular weight excluding hydrogens is 436 g/mol. The number of hydrogen-bond donors (Lipinski definition) is 0. The highest BCUT2D eigenvalue weighted by atomic mass is 19.2. The van der Waals surface area contributed by atoms with Gasteiger partial charge in [0.25, 0.3) is 0 Å². The minimum absolute atomic E-state index is 0.0156. The molecule has 1 atom stereocenters. The molecule has 0 saturated heterocycles. The molecule has 2 aromatic carbocycles. The Morgan fingerprint density at radius 2 is 1.35 bits per heavy atom. The zero-order valence-corrected chi connectivity index (χ0v) is 20.6. The summed E-state index contributed by atoms with van der Waals surface area (Å²) in [6, 6.07) is 5.74. The highest BCUT2D eigenvalue weighted by molar-refractivity contribution is 5.65. The van der Waals surface area contributed by atoms with Crippen LogP contribution in [0.3, 0.4) is 0 Å². The Labute approximate surface area is 202 Å². The van der Waals surface area contributed by atoms with E-state index in [1.54, 1.807) is 0 Å². The van der Waals surface area contributed by atoms with Gasteiger partial charge in [0.1, 0.15) is 11.6 Å². The first-order chi connectivity index (χ1) is 16.4. The van der Waals surface area contributed by atoms with E-state index >= 15 is 0 Å². The van der Waals surface area contributed by atoms with Crippen LogP contribution >= 0.6 is 0 Å². The predicted octanol–water partition coefficient (Wildman–Crippen LogP) is 9.82. The third-order valence-electron chi connectivity index (χ3n) is 8.69. The second-order valence-corrected chi connectivity index (χ2v) is 11.0. The summed E-state index contributed by atoms with van der Waals surface area (Å²) in [7, 11) is 0. The molecule has 0 heterocycles. The summed E-state index contributed by atoms with van der Waals surface area (Å²) in [6.45, 7) is 4.72. The zero-order chi connectivity index (χ0) is 24.2. The molecule has 0 bridgehead atoms. The van der Waals surface area contributed by atoms with Crippen LogP contribution in [-0.2, 0) is 0 Å². The number of rotatable bonds is 7. The molecule has 2 aliphatic carbocycles. The molecule has 0 N–H and O–H groups in total. The monoisotopic (exact) mass is 474 g/mol. The van der Waals surface area contributed by atoms with Crippen LogP contribution in [0.25, 0.3) is 11.1 Å². The average Bonchev–Trinajstić information content (AvgIpc) is 2.82. The van der Waals surface area contributed by atoms with Gasteiger partial charge in [-0.2, -0.15) is 0 Å². The molecular formula is C30H38F4. The standard InChI is InChI=1S/C30H38F4/c1-3-4-20-5-9-22(10-6-20)19(2)15-21-7-11-23(12-8-21)25-17-28(33)30(29(34)18-25)24-13-14-26(31)27(32)16-24/h13-14,16-23H,3-12,15H2,1-2H3. The van der Waals surface area contributed by atoms with Gasteiger partial charge >= 0.3 is 0 Å². The quantitative estimate of drug-likeness (QED) is 0.350. The summed E-state index contributed by atoms with van der Waals surface area (Å²) in [4.78, 5) is 0. The van der Waals surface area contributed by atoms with Crippen molar-refractivity contribution in [1.29, 1.82) is 0 Å². The Bertz CT molecular complexity index is 929. The van der Waals surface area contributed by atoms with Crippen LogP contribution in [0, 0.1) is 46.9 Å². The maximum atomic E-state index is 14.9. The summed E-state index contributed by atoms with van der Waals surface area (Å²) >= 11 is 0. The SMILES string of the molecule is CCCC1CCC(C(C)CC2CCC(c3cc(F)c(-c4ccc(F)c(F)c4)c(F)c3)CC2)CC1. The Kier molecular flexibility index (Phi) is 8.37. The molecule has 2 aliphatic rings. The zero-order valence-electron chi connectivity index (χ0n) is 20.6. The molecule has 4 rings (SSSR count). The molecule has 186 valence electrons. The first kappa shape index (κ1) is 25.3. The van der Waals surface area contributed by atoms with Crippen LogP contribution in [0.2, 0.25) is 0 Å². The van der Waals surface area contributed by atoms with Crippen molar-refractivity contribution in [3.05, 3.63) is 59.2 Å². The first-order valence-corrected chi connectivity index (χ1v) is 13.3. The van der Waals surface area contributed by atoms with Crippen LogP contribution in [0.5, 0.6) is 0 Å². The van der Waals surface area contributed by atoms with Crippen molar-refractivity contribution in [2.45, 2.75) is 90.4 Å². The van der Waals surface area contributed by atoms with E-state index in [1.165, 1.54) is 63.1 Å². The van der Waals surface area contributed by atoms with Gasteiger partial charge in [0.05, 0.1) is 5.56 Å². The van der Waals surface area contributed by atoms with Crippen molar-refractivity contribution in [2.24, 2.45) is 23.7 Å². The molecule has 0 nitrogen and oxygen atoms in total. The van der Waals surface area contributed by atoms with Crippen LogP contribution in [0.4, 0.5) is 17.6 Å². The van der Waals surface area contributed by atoms with Crippen LogP contribution in [0.15, 0.2) is 30.3 Å². The Balaban J connectivity index is 1.33. The van der Waals surface area contributed by atoms with Crippen molar-refractivity contribution in [3.8, 4) is 11.1 Å². The molecule has 0 aromatic heterocycles. The smallest absolute Gasteiger partial charge is 0.159 e. The van der Waals surface area contributed by atoms with Gasteiger partial charge in [-0.15, -0.1) is 0 Å². The van der Waals surface area contributed by atoms with Crippen molar-refractivity contribution in [1.82, 2.24) is 0 Å². The average molecular weight is 475 g/mol. The van der Waals surface area contributed by atoms with E-state index in [9.17, 15) is 17.6 Å². The van der Waals surface area contributed by atoms with Gasteiger partial charge in [-0.05, 0) is 110 Å². The van der Waals surface area contributed by atoms with Crippen molar-refractivity contribution in [2.75, 3.05) is 0 Å². The summed E-state index contributed by atoms with van der Waals surface area (Å²) in [6.07, 6.45) is 13.6. The number of halogens is 4. The molecule has 2 fully saturated rings. The van der Waals surface area contributed by atoms with E-state index < -0.39 is 23.3 Å². The minimum Gasteiger partial charge on any atom is -0.206 e. The highest BCUT2D eigenvalue weighted by Crippen LogP contribution is 2.43. The lowest BCUT2D eigenvalue weighted by atomic mass is 9.70. The Morgan fingerprint density at radius 1 is 0.735 bits per heavy atom. The molecule has 1 unspecified atom stereocenters. The maximum Gasteiger partial charge on any atom is 0.159 e. The van der Waals surface area contributed by atoms with Gasteiger partial charge < -0.3 is 0 Å². The molecule has 0 amide bonds. The molecule has 2 aromatic rings. The minimum atomic E-state index is -1.11. The molecule has 0 radical (unpaired) electrons. The van der Waals surface area contributed by atoms with E-state index in [4.69, 9.17) is 0 Å². The third kappa shape index (κ3) is 5.86. The number of benzene rings is 2. The second kappa shape index (κ2) is 11.3. The van der Waals surface area contributed by atoms with E-state index in [0.717, 1.165) is 55.6 Å². The van der Waals surface area contributed by atoms with Gasteiger partial charge in [-0.25, -0.2) is 17.6 Å². The largest absolute Gasteiger partial charge is 0.206 e. The molecule has 0 aliphatic heterocycles. The fraction of sp³-hybridized carbons (Fsp3) is 0.600. The lowest BCUT2D eigenvalue weighted by Crippen LogP contribution is -2.23. The summed E-state index contributed by atoms with van der Waals surface area (Å²) in [5, 5.41) is 0. The van der Waals surface area contributed by atoms with E-state index in [-0.39, 0.29) is 17.0 Å². The van der Waals surface area contributed by atoms with Crippen LogP contribution < -0.4 is 0 Å². The first-order valence-electron chi connectivity index (χ1n) is 13.3. The summed E-state index contributed by atoms with van der Waals surface area (Å²) in [5.74, 6) is -0.149. The number of hydrogen-bond acceptors (Lipinski definition) is 0. The lowest BCUT2D eigenvalue weighted by Gasteiger charge is -2.36. The van der Waals surface area contributed by atoms with Gasteiger partial charge in [-0.3, -0.25) is 0 Å². The lowest BCUT2D eigenvalue weighted by molar-refractivity contribution is 0.169. The maximum absolute atomic E-state index is 14.9. The second-order valence-electron chi connectivity index (χ2n) is 11.0.